The zero-order valence-electron chi connectivity index (χ0n) is 10.4. The number of carbonyl (C=O) groups is 1. The number of nitrogens with two attached hydrogens (primary N) is 1. The Kier molecular flexibility index (Phi) is 4.36. The van der Waals surface area contributed by atoms with E-state index in [1.807, 2.05) is 5.01 Å². The Labute approximate surface area is 103 Å². The third-order valence-corrected chi connectivity index (χ3v) is 3.95. The number of nitrogens with zero attached hydrogens (tertiary/aromatic N) is 1. The molecule has 2 rings (SSSR count). The van der Waals surface area contributed by atoms with Crippen molar-refractivity contribution >= 4 is 5.91 Å². The molecule has 5 nitrogen and oxygen atoms in total. The highest BCUT2D eigenvalue weighted by Crippen LogP contribution is 2.35. The van der Waals surface area contributed by atoms with E-state index in [1.165, 1.54) is 6.42 Å². The average Bonchev–Trinajstić information content (AvgIpc) is 2.40. The largest absolute Gasteiger partial charge is 0.379 e. The maximum absolute atomic E-state index is 12.3. The van der Waals surface area contributed by atoms with Gasteiger partial charge in [-0.1, -0.05) is 19.3 Å². The van der Waals surface area contributed by atoms with Gasteiger partial charge in [-0.3, -0.25) is 10.2 Å². The normalized spacial score (nSPS) is 25.5. The quantitative estimate of drug-likeness (QED) is 0.743. The smallest absolute Gasteiger partial charge is 0.241 e. The molecule has 0 spiro atoms. The number of hydrogen-bond acceptors (Lipinski definition) is 4. The van der Waals surface area contributed by atoms with Gasteiger partial charge in [0, 0.05) is 19.6 Å². The molecule has 0 aromatic rings. The lowest BCUT2D eigenvalue weighted by atomic mass is 9.73. The van der Waals surface area contributed by atoms with E-state index in [9.17, 15) is 4.79 Å². The highest BCUT2D eigenvalue weighted by molar-refractivity contribution is 5.82. The van der Waals surface area contributed by atoms with Gasteiger partial charge in [0.15, 0.2) is 0 Å². The van der Waals surface area contributed by atoms with Crippen molar-refractivity contribution in [1.29, 1.82) is 0 Å². The number of hydrogen-bond donors (Lipinski definition) is 2. The molecule has 0 aromatic carbocycles. The fraction of sp³-hybridized carbons (Fsp3) is 0.917. The maximum Gasteiger partial charge on any atom is 0.241 e. The van der Waals surface area contributed by atoms with Crippen LogP contribution in [0.5, 0.6) is 0 Å². The Hall–Kier alpha value is -0.650. The second-order valence-electron chi connectivity index (χ2n) is 5.09. The first-order valence-electron chi connectivity index (χ1n) is 6.61. The lowest BCUT2D eigenvalue weighted by Crippen LogP contribution is -2.55. The van der Waals surface area contributed by atoms with Gasteiger partial charge < -0.3 is 10.5 Å². The van der Waals surface area contributed by atoms with Gasteiger partial charge in [0.05, 0.1) is 18.6 Å². The Morgan fingerprint density at radius 1 is 1.24 bits per heavy atom. The summed E-state index contributed by atoms with van der Waals surface area (Å²) in [7, 11) is 0. The van der Waals surface area contributed by atoms with E-state index in [4.69, 9.17) is 10.5 Å². The Bertz CT molecular complexity index is 258. The molecule has 2 aliphatic rings. The van der Waals surface area contributed by atoms with Crippen LogP contribution < -0.4 is 11.2 Å². The van der Waals surface area contributed by atoms with Crippen LogP contribution in [0.2, 0.25) is 0 Å². The summed E-state index contributed by atoms with van der Waals surface area (Å²) in [6.45, 7) is 3.38. The van der Waals surface area contributed by atoms with Crippen LogP contribution in [0.25, 0.3) is 0 Å². The Morgan fingerprint density at radius 2 is 1.88 bits per heavy atom. The van der Waals surface area contributed by atoms with Crippen LogP contribution in [0.4, 0.5) is 0 Å². The second-order valence-corrected chi connectivity index (χ2v) is 5.09. The first-order chi connectivity index (χ1) is 8.27. The van der Waals surface area contributed by atoms with Crippen LogP contribution in [0, 0.1) is 5.41 Å². The molecule has 0 unspecified atom stereocenters. The summed E-state index contributed by atoms with van der Waals surface area (Å²) in [6.07, 6.45) is 5.33. The van der Waals surface area contributed by atoms with Gasteiger partial charge in [-0.15, -0.1) is 0 Å². The Balaban J connectivity index is 1.91. The number of rotatable bonds is 3. The standard InChI is InChI=1S/C12H23N3O2/c13-10-12(4-2-1-3-5-12)11(16)14-15-6-8-17-9-7-15/h1-10,13H2,(H,14,16). The molecule has 0 aromatic heterocycles. The predicted octanol–water partition coefficient (Wildman–Crippen LogP) is 0.259. The minimum absolute atomic E-state index is 0.113. The molecule has 1 heterocycles. The molecule has 98 valence electrons. The second kappa shape index (κ2) is 5.80. The minimum atomic E-state index is -0.323. The van der Waals surface area contributed by atoms with E-state index in [1.54, 1.807) is 0 Å². The maximum atomic E-state index is 12.3. The SMILES string of the molecule is NCC1(C(=O)NN2CCOCC2)CCCCC1. The topological polar surface area (TPSA) is 67.6 Å². The number of morpholine rings is 1. The van der Waals surface area contributed by atoms with Crippen molar-refractivity contribution in [3.63, 3.8) is 0 Å². The summed E-state index contributed by atoms with van der Waals surface area (Å²) in [5.41, 5.74) is 8.53. The van der Waals surface area contributed by atoms with Crippen molar-refractivity contribution in [3.05, 3.63) is 0 Å². The zero-order chi connectivity index (χ0) is 12.1. The van der Waals surface area contributed by atoms with Gasteiger partial charge in [0.2, 0.25) is 5.91 Å². The van der Waals surface area contributed by atoms with Crippen LogP contribution in [0.15, 0.2) is 0 Å². The van der Waals surface area contributed by atoms with Gasteiger partial charge in [-0.2, -0.15) is 0 Å². The van der Waals surface area contributed by atoms with Crippen molar-refractivity contribution in [2.75, 3.05) is 32.8 Å². The highest BCUT2D eigenvalue weighted by Gasteiger charge is 2.38. The van der Waals surface area contributed by atoms with Crippen LogP contribution in [0.1, 0.15) is 32.1 Å². The van der Waals surface area contributed by atoms with Gasteiger partial charge in [0.1, 0.15) is 0 Å². The van der Waals surface area contributed by atoms with E-state index < -0.39 is 0 Å². The van der Waals surface area contributed by atoms with E-state index in [0.29, 0.717) is 19.8 Å². The lowest BCUT2D eigenvalue weighted by Gasteiger charge is -2.37. The fourth-order valence-corrected chi connectivity index (χ4v) is 2.69. The van der Waals surface area contributed by atoms with Gasteiger partial charge in [-0.25, -0.2) is 5.01 Å². The van der Waals surface area contributed by atoms with E-state index >= 15 is 0 Å². The van der Waals surface area contributed by atoms with Crippen molar-refractivity contribution in [3.8, 4) is 0 Å². The molecule has 1 aliphatic carbocycles. The van der Waals surface area contributed by atoms with E-state index in [0.717, 1.165) is 38.8 Å². The van der Waals surface area contributed by atoms with Crippen molar-refractivity contribution in [2.24, 2.45) is 11.1 Å². The highest BCUT2D eigenvalue weighted by atomic mass is 16.5. The third-order valence-electron chi connectivity index (χ3n) is 3.95. The van der Waals surface area contributed by atoms with Crippen molar-refractivity contribution in [1.82, 2.24) is 10.4 Å². The zero-order valence-corrected chi connectivity index (χ0v) is 10.4. The molecule has 17 heavy (non-hydrogen) atoms. The first kappa shape index (κ1) is 12.8. The van der Waals surface area contributed by atoms with Crippen LogP contribution in [0.3, 0.4) is 0 Å². The number of amides is 1. The molecule has 1 saturated carbocycles. The summed E-state index contributed by atoms with van der Waals surface area (Å²) < 4.78 is 5.26. The minimum Gasteiger partial charge on any atom is -0.379 e. The molecule has 3 N–H and O–H groups in total. The summed E-state index contributed by atoms with van der Waals surface area (Å²) in [4.78, 5) is 12.3. The van der Waals surface area contributed by atoms with Crippen LogP contribution in [-0.2, 0) is 9.53 Å². The molecule has 1 aliphatic heterocycles. The molecule has 1 saturated heterocycles. The molecule has 5 heteroatoms. The first-order valence-corrected chi connectivity index (χ1v) is 6.61. The number of hydrazine groups is 1. The van der Waals surface area contributed by atoms with Crippen molar-refractivity contribution < 1.29 is 9.53 Å². The molecule has 1 amide bonds. The number of ether oxygens (including phenoxy) is 1. The van der Waals surface area contributed by atoms with Crippen molar-refractivity contribution in [2.45, 2.75) is 32.1 Å². The number of carbonyl (C=O) groups excluding carboxylic acids is 1. The summed E-state index contributed by atoms with van der Waals surface area (Å²) in [6, 6.07) is 0. The van der Waals surface area contributed by atoms with Gasteiger partial charge >= 0.3 is 0 Å². The summed E-state index contributed by atoms with van der Waals surface area (Å²) in [5.74, 6) is 0.113. The van der Waals surface area contributed by atoms with Crippen LogP contribution in [-0.4, -0.2) is 43.8 Å². The van der Waals surface area contributed by atoms with Gasteiger partial charge in [0.25, 0.3) is 0 Å². The Morgan fingerprint density at radius 3 is 2.47 bits per heavy atom. The monoisotopic (exact) mass is 241 g/mol. The van der Waals surface area contributed by atoms with Crippen LogP contribution >= 0.6 is 0 Å². The molecule has 0 radical (unpaired) electrons. The predicted molar refractivity (Wildman–Crippen MR) is 65.1 cm³/mol. The van der Waals surface area contributed by atoms with E-state index in [2.05, 4.69) is 5.43 Å². The lowest BCUT2D eigenvalue weighted by molar-refractivity contribution is -0.139. The fourth-order valence-electron chi connectivity index (χ4n) is 2.69. The summed E-state index contributed by atoms with van der Waals surface area (Å²) >= 11 is 0. The molecule has 2 fully saturated rings. The van der Waals surface area contributed by atoms with E-state index in [-0.39, 0.29) is 11.3 Å². The summed E-state index contributed by atoms with van der Waals surface area (Å²) in [5, 5.41) is 1.96. The molecular formula is C12H23N3O2. The number of nitrogens with one attached hydrogen (secondary N) is 1. The van der Waals surface area contributed by atoms with Gasteiger partial charge in [-0.05, 0) is 12.8 Å². The molecular weight excluding hydrogens is 218 g/mol. The average molecular weight is 241 g/mol. The molecule has 0 atom stereocenters. The third kappa shape index (κ3) is 2.97. The molecule has 0 bridgehead atoms.